The van der Waals surface area contributed by atoms with Crippen LogP contribution >= 0.6 is 11.6 Å². The minimum atomic E-state index is -5.19. The lowest BCUT2D eigenvalue weighted by atomic mass is 10.1. The first kappa shape index (κ1) is 17.3. The summed E-state index contributed by atoms with van der Waals surface area (Å²) < 4.78 is 69.4. The molecule has 1 heterocycles. The number of nitrogens with zero attached hydrogens (tertiary/aromatic N) is 1. The van der Waals surface area contributed by atoms with Crippen LogP contribution in [-0.4, -0.2) is 19.5 Å². The van der Waals surface area contributed by atoms with Crippen molar-refractivity contribution in [3.63, 3.8) is 0 Å². The molecule has 2 aromatic carbocycles. The molecule has 2 aromatic rings. The van der Waals surface area contributed by atoms with E-state index in [0.717, 1.165) is 30.3 Å². The molecule has 3 rings (SSSR count). The van der Waals surface area contributed by atoms with Crippen LogP contribution in [0.1, 0.15) is 15.9 Å². The summed E-state index contributed by atoms with van der Waals surface area (Å²) in [5.74, 6) is -3.28. The number of rotatable bonds is 2. The minimum Gasteiger partial charge on any atom is -0.456 e. The van der Waals surface area contributed by atoms with Gasteiger partial charge in [0.15, 0.2) is 0 Å². The Morgan fingerprint density at radius 1 is 1.20 bits per heavy atom. The highest BCUT2D eigenvalue weighted by molar-refractivity contribution is 7.94. The number of hydrogen-bond acceptors (Lipinski definition) is 5. The van der Waals surface area contributed by atoms with E-state index < -0.39 is 42.2 Å². The number of benzene rings is 2. The van der Waals surface area contributed by atoms with Gasteiger partial charge in [0, 0.05) is 6.07 Å². The lowest BCUT2D eigenvalue weighted by Crippen LogP contribution is -2.30. The first-order valence-electron chi connectivity index (χ1n) is 6.48. The highest BCUT2D eigenvalue weighted by Gasteiger charge is 2.61. The third kappa shape index (κ3) is 2.45. The van der Waals surface area contributed by atoms with Crippen LogP contribution in [0, 0.1) is 17.1 Å². The van der Waals surface area contributed by atoms with Crippen molar-refractivity contribution >= 4 is 27.2 Å². The number of fused-ring (bicyclic) bond motifs is 1. The summed E-state index contributed by atoms with van der Waals surface area (Å²) in [6, 6.07) is 6.41. The molecule has 0 radical (unpaired) electrons. The van der Waals surface area contributed by atoms with E-state index in [1.807, 2.05) is 0 Å². The predicted molar refractivity (Wildman–Crippen MR) is 79.1 cm³/mol. The van der Waals surface area contributed by atoms with Crippen molar-refractivity contribution in [2.24, 2.45) is 0 Å². The Morgan fingerprint density at radius 2 is 1.88 bits per heavy atom. The summed E-state index contributed by atoms with van der Waals surface area (Å²) in [6.07, 6.45) is 0. The Labute approximate surface area is 144 Å². The number of ether oxygens (including phenoxy) is 1. The van der Waals surface area contributed by atoms with Gasteiger partial charge in [-0.3, -0.25) is 4.79 Å². The molecule has 0 N–H and O–H groups in total. The fraction of sp³-hybridized carbons (Fsp3) is 0.0667. The van der Waals surface area contributed by atoms with Crippen LogP contribution in [0.15, 0.2) is 35.2 Å². The number of halogens is 4. The summed E-state index contributed by atoms with van der Waals surface area (Å²) in [7, 11) is -5.19. The van der Waals surface area contributed by atoms with Crippen molar-refractivity contribution in [3.05, 3.63) is 52.3 Å². The van der Waals surface area contributed by atoms with Crippen molar-refractivity contribution in [1.29, 1.82) is 5.26 Å². The van der Waals surface area contributed by atoms with Gasteiger partial charge in [0.2, 0.25) is 0 Å². The van der Waals surface area contributed by atoms with E-state index in [1.54, 1.807) is 6.07 Å². The lowest BCUT2D eigenvalue weighted by molar-refractivity contribution is 0.0549. The van der Waals surface area contributed by atoms with E-state index >= 15 is 0 Å². The van der Waals surface area contributed by atoms with Crippen LogP contribution in [0.2, 0.25) is 5.02 Å². The van der Waals surface area contributed by atoms with Gasteiger partial charge in [0.1, 0.15) is 17.3 Å². The maximum Gasteiger partial charge on any atom is 0.411 e. The van der Waals surface area contributed by atoms with Gasteiger partial charge in [0.05, 0.1) is 27.1 Å². The van der Waals surface area contributed by atoms with Crippen molar-refractivity contribution in [2.45, 2.75) is 10.2 Å². The number of alkyl halides is 2. The first-order valence-corrected chi connectivity index (χ1v) is 8.34. The highest BCUT2D eigenvalue weighted by Crippen LogP contribution is 2.47. The van der Waals surface area contributed by atoms with E-state index in [9.17, 15) is 26.4 Å². The molecule has 0 unspecified atom stereocenters. The summed E-state index contributed by atoms with van der Waals surface area (Å²) in [5, 5.41) is 3.52. The van der Waals surface area contributed by atoms with Crippen LogP contribution in [-0.2, 0) is 9.84 Å². The molecule has 1 aliphatic rings. The summed E-state index contributed by atoms with van der Waals surface area (Å²) in [6.45, 7) is 0. The second-order valence-electron chi connectivity index (χ2n) is 4.99. The number of carbonyl (C=O) groups excluding carboxylic acids is 1. The van der Waals surface area contributed by atoms with Gasteiger partial charge in [-0.15, -0.1) is 0 Å². The quantitative estimate of drug-likeness (QED) is 0.784. The second kappa shape index (κ2) is 5.47. The van der Waals surface area contributed by atoms with Crippen LogP contribution in [0.4, 0.5) is 13.2 Å². The average Bonchev–Trinajstić information content (AvgIpc) is 2.67. The number of ketones is 1. The second-order valence-corrected chi connectivity index (χ2v) is 7.33. The first-order chi connectivity index (χ1) is 11.6. The molecule has 0 spiro atoms. The van der Waals surface area contributed by atoms with Crippen molar-refractivity contribution in [2.75, 3.05) is 0 Å². The third-order valence-corrected chi connectivity index (χ3v) is 5.57. The molecule has 0 aromatic heterocycles. The lowest BCUT2D eigenvalue weighted by Gasteiger charge is -2.10. The molecule has 1 aliphatic heterocycles. The van der Waals surface area contributed by atoms with E-state index in [1.165, 1.54) is 0 Å². The third-order valence-electron chi connectivity index (χ3n) is 3.41. The Kier molecular flexibility index (Phi) is 3.78. The van der Waals surface area contributed by atoms with Gasteiger partial charge < -0.3 is 4.74 Å². The molecule has 0 fully saturated rings. The van der Waals surface area contributed by atoms with Crippen LogP contribution in [0.3, 0.4) is 0 Å². The SMILES string of the molecule is N#Cc1cc(F)cc(Oc2ccc3c(c2Cl)C(=O)C(F)(F)S3(=O)=O)c1. The van der Waals surface area contributed by atoms with E-state index in [2.05, 4.69) is 0 Å². The zero-order valence-electron chi connectivity index (χ0n) is 11.9. The molecule has 0 saturated heterocycles. The molecule has 10 heteroatoms. The zero-order chi connectivity index (χ0) is 18.6. The van der Waals surface area contributed by atoms with Gasteiger partial charge in [-0.25, -0.2) is 12.8 Å². The molecular weight excluding hydrogens is 383 g/mol. The molecule has 5 nitrogen and oxygen atoms in total. The van der Waals surface area contributed by atoms with E-state index in [4.69, 9.17) is 21.6 Å². The smallest absolute Gasteiger partial charge is 0.411 e. The number of hydrogen-bond donors (Lipinski definition) is 0. The average molecular weight is 388 g/mol. The highest BCUT2D eigenvalue weighted by atomic mass is 35.5. The number of nitriles is 1. The monoisotopic (exact) mass is 387 g/mol. The van der Waals surface area contributed by atoms with Gasteiger partial charge in [-0.2, -0.15) is 14.0 Å². The Hall–Kier alpha value is -2.57. The van der Waals surface area contributed by atoms with Crippen LogP contribution in [0.5, 0.6) is 11.5 Å². The minimum absolute atomic E-state index is 0.0718. The molecule has 128 valence electrons. The molecule has 25 heavy (non-hydrogen) atoms. The molecule has 0 aliphatic carbocycles. The Morgan fingerprint density at radius 3 is 2.52 bits per heavy atom. The molecule has 0 bridgehead atoms. The van der Waals surface area contributed by atoms with Gasteiger partial charge >= 0.3 is 5.25 Å². The summed E-state index contributed by atoms with van der Waals surface area (Å²) in [4.78, 5) is 10.8. The molecule has 0 atom stereocenters. The normalized spacial score (nSPS) is 17.0. The van der Waals surface area contributed by atoms with Gasteiger partial charge in [-0.1, -0.05) is 11.6 Å². The standard InChI is InChI=1S/C15H5ClF3NO4S/c16-13-10(24-9-4-7(6-20)3-8(17)5-9)1-2-11-12(13)14(21)15(18,19)25(11,22)23/h1-5H. The van der Waals surface area contributed by atoms with Gasteiger partial charge in [0.25, 0.3) is 15.6 Å². The number of Topliss-reactive ketones (excluding diaryl/α,β-unsaturated/α-hetero) is 1. The number of carbonyl (C=O) groups is 1. The van der Waals surface area contributed by atoms with Gasteiger partial charge in [-0.05, 0) is 24.3 Å². The fourth-order valence-electron chi connectivity index (χ4n) is 2.27. The van der Waals surface area contributed by atoms with Crippen molar-refractivity contribution in [1.82, 2.24) is 0 Å². The molecule has 0 amide bonds. The Balaban J connectivity index is 2.12. The van der Waals surface area contributed by atoms with Crippen LogP contribution < -0.4 is 4.74 Å². The fourth-order valence-corrected chi connectivity index (χ4v) is 3.95. The van der Waals surface area contributed by atoms with Crippen LogP contribution in [0.25, 0.3) is 0 Å². The Bertz CT molecular complexity index is 1080. The predicted octanol–water partition coefficient (Wildman–Crippen LogP) is 3.71. The molecular formula is C15H5ClF3NO4S. The summed E-state index contributed by atoms with van der Waals surface area (Å²) >= 11 is 5.86. The maximum atomic E-state index is 13.7. The topological polar surface area (TPSA) is 84.2 Å². The van der Waals surface area contributed by atoms with E-state index in [-0.39, 0.29) is 17.1 Å². The maximum absolute atomic E-state index is 13.7. The summed E-state index contributed by atoms with van der Waals surface area (Å²) in [5.41, 5.74) is -0.960. The molecule has 0 saturated carbocycles. The van der Waals surface area contributed by atoms with Crippen molar-refractivity contribution < 1.29 is 31.1 Å². The zero-order valence-corrected chi connectivity index (χ0v) is 13.5. The largest absolute Gasteiger partial charge is 0.456 e. The number of sulfone groups is 1. The van der Waals surface area contributed by atoms with Crippen molar-refractivity contribution in [3.8, 4) is 17.6 Å². The van der Waals surface area contributed by atoms with E-state index in [0.29, 0.717) is 0 Å².